The van der Waals surface area contributed by atoms with Crippen LogP contribution in [0.2, 0.25) is 0 Å². The highest BCUT2D eigenvalue weighted by Gasteiger charge is 2.05. The van der Waals surface area contributed by atoms with Gasteiger partial charge in [0, 0.05) is 6.54 Å². The monoisotopic (exact) mass is 223 g/mol. The lowest BCUT2D eigenvalue weighted by Crippen LogP contribution is -2.18. The second-order valence-corrected chi connectivity index (χ2v) is 3.99. The molecular weight excluding hydrogens is 206 g/mol. The predicted octanol–water partition coefficient (Wildman–Crippen LogP) is 3.70. The standard InChI is InChI=1S/C16H17N/c1-2-16(15-11-7-4-8-12-15)17-13-14-9-5-3-6-10-14/h2-12,16-17H,1,13H2. The van der Waals surface area contributed by atoms with E-state index >= 15 is 0 Å². The van der Waals surface area contributed by atoms with E-state index < -0.39 is 0 Å². The van der Waals surface area contributed by atoms with E-state index in [0.717, 1.165) is 6.54 Å². The highest BCUT2D eigenvalue weighted by atomic mass is 14.9. The van der Waals surface area contributed by atoms with Crippen LogP contribution in [0.4, 0.5) is 0 Å². The number of rotatable bonds is 5. The average molecular weight is 223 g/mol. The van der Waals surface area contributed by atoms with Gasteiger partial charge in [0.15, 0.2) is 0 Å². The SMILES string of the molecule is C=CC(NCc1ccccc1)c1ccccc1. The summed E-state index contributed by atoms with van der Waals surface area (Å²) in [5.41, 5.74) is 2.54. The molecule has 0 heterocycles. The minimum Gasteiger partial charge on any atom is -0.303 e. The second kappa shape index (κ2) is 6.02. The summed E-state index contributed by atoms with van der Waals surface area (Å²) in [7, 11) is 0. The van der Waals surface area contributed by atoms with Crippen LogP contribution in [0.15, 0.2) is 73.3 Å². The molecule has 0 bridgehead atoms. The van der Waals surface area contributed by atoms with Crippen LogP contribution in [0.25, 0.3) is 0 Å². The Bertz CT molecular complexity index is 447. The number of nitrogens with one attached hydrogen (secondary N) is 1. The van der Waals surface area contributed by atoms with Crippen LogP contribution in [0.5, 0.6) is 0 Å². The molecule has 86 valence electrons. The van der Waals surface area contributed by atoms with Crippen molar-refractivity contribution in [1.82, 2.24) is 5.32 Å². The molecule has 0 radical (unpaired) electrons. The highest BCUT2D eigenvalue weighted by Crippen LogP contribution is 2.14. The molecule has 0 saturated heterocycles. The summed E-state index contributed by atoms with van der Waals surface area (Å²) >= 11 is 0. The van der Waals surface area contributed by atoms with Crippen LogP contribution in [0.1, 0.15) is 17.2 Å². The topological polar surface area (TPSA) is 12.0 Å². The van der Waals surface area contributed by atoms with Crippen LogP contribution in [0, 0.1) is 0 Å². The lowest BCUT2D eigenvalue weighted by atomic mass is 10.1. The fraction of sp³-hybridized carbons (Fsp3) is 0.125. The minimum atomic E-state index is 0.205. The Balaban J connectivity index is 2.00. The molecule has 0 aliphatic rings. The Morgan fingerprint density at radius 2 is 1.53 bits per heavy atom. The zero-order valence-corrected chi connectivity index (χ0v) is 9.84. The first-order valence-corrected chi connectivity index (χ1v) is 5.85. The smallest absolute Gasteiger partial charge is 0.0506 e. The molecule has 1 unspecified atom stereocenters. The molecule has 1 N–H and O–H groups in total. The van der Waals surface area contributed by atoms with Crippen molar-refractivity contribution in [3.63, 3.8) is 0 Å². The van der Waals surface area contributed by atoms with Gasteiger partial charge in [0.2, 0.25) is 0 Å². The van der Waals surface area contributed by atoms with Gasteiger partial charge < -0.3 is 5.32 Å². The fourth-order valence-corrected chi connectivity index (χ4v) is 1.82. The van der Waals surface area contributed by atoms with Gasteiger partial charge in [-0.1, -0.05) is 66.7 Å². The zero-order chi connectivity index (χ0) is 11.9. The molecule has 1 nitrogen and oxygen atoms in total. The number of hydrogen-bond acceptors (Lipinski definition) is 1. The highest BCUT2D eigenvalue weighted by molar-refractivity contribution is 5.23. The maximum atomic E-state index is 3.89. The zero-order valence-electron chi connectivity index (χ0n) is 9.84. The van der Waals surface area contributed by atoms with Crippen LogP contribution < -0.4 is 5.32 Å². The van der Waals surface area contributed by atoms with Crippen molar-refractivity contribution >= 4 is 0 Å². The molecule has 2 aromatic carbocycles. The van der Waals surface area contributed by atoms with Gasteiger partial charge in [-0.05, 0) is 11.1 Å². The van der Waals surface area contributed by atoms with Crippen LogP contribution >= 0.6 is 0 Å². The maximum absolute atomic E-state index is 3.89. The van der Waals surface area contributed by atoms with E-state index in [9.17, 15) is 0 Å². The van der Waals surface area contributed by atoms with Crippen molar-refractivity contribution in [3.05, 3.63) is 84.4 Å². The van der Waals surface area contributed by atoms with Gasteiger partial charge in [0.05, 0.1) is 6.04 Å². The largest absolute Gasteiger partial charge is 0.303 e. The molecule has 0 fully saturated rings. The minimum absolute atomic E-state index is 0.205. The van der Waals surface area contributed by atoms with E-state index in [-0.39, 0.29) is 6.04 Å². The quantitative estimate of drug-likeness (QED) is 0.762. The van der Waals surface area contributed by atoms with Gasteiger partial charge in [-0.2, -0.15) is 0 Å². The van der Waals surface area contributed by atoms with Gasteiger partial charge in [0.1, 0.15) is 0 Å². The van der Waals surface area contributed by atoms with Crippen LogP contribution in [-0.2, 0) is 6.54 Å². The van der Waals surface area contributed by atoms with E-state index in [1.165, 1.54) is 11.1 Å². The van der Waals surface area contributed by atoms with Gasteiger partial charge in [-0.25, -0.2) is 0 Å². The van der Waals surface area contributed by atoms with Crippen molar-refractivity contribution in [1.29, 1.82) is 0 Å². The summed E-state index contributed by atoms with van der Waals surface area (Å²) < 4.78 is 0. The molecule has 0 aliphatic carbocycles. The molecule has 2 rings (SSSR count). The molecule has 0 aromatic heterocycles. The molecule has 0 saturated carbocycles. The van der Waals surface area contributed by atoms with E-state index in [0.29, 0.717) is 0 Å². The van der Waals surface area contributed by atoms with Crippen LogP contribution in [-0.4, -0.2) is 0 Å². The van der Waals surface area contributed by atoms with Crippen molar-refractivity contribution in [3.8, 4) is 0 Å². The maximum Gasteiger partial charge on any atom is 0.0506 e. The molecule has 0 aliphatic heterocycles. The summed E-state index contributed by atoms with van der Waals surface area (Å²) in [6, 6.07) is 21.0. The van der Waals surface area contributed by atoms with Crippen molar-refractivity contribution in [2.24, 2.45) is 0 Å². The first-order valence-electron chi connectivity index (χ1n) is 5.85. The summed E-state index contributed by atoms with van der Waals surface area (Å²) in [4.78, 5) is 0. The Hall–Kier alpha value is -1.86. The molecule has 1 atom stereocenters. The average Bonchev–Trinajstić information content (AvgIpc) is 2.42. The summed E-state index contributed by atoms with van der Waals surface area (Å²) in [6.07, 6.45) is 1.94. The third-order valence-electron chi connectivity index (χ3n) is 2.76. The predicted molar refractivity (Wildman–Crippen MR) is 72.7 cm³/mol. The summed E-state index contributed by atoms with van der Waals surface area (Å²) in [5.74, 6) is 0. The second-order valence-electron chi connectivity index (χ2n) is 3.99. The lowest BCUT2D eigenvalue weighted by molar-refractivity contribution is 0.622. The molecular formula is C16H17N. The van der Waals surface area contributed by atoms with Crippen molar-refractivity contribution in [2.75, 3.05) is 0 Å². The Morgan fingerprint density at radius 3 is 2.12 bits per heavy atom. The van der Waals surface area contributed by atoms with Crippen molar-refractivity contribution < 1.29 is 0 Å². The first-order chi connectivity index (χ1) is 8.40. The molecule has 2 aromatic rings. The lowest BCUT2D eigenvalue weighted by Gasteiger charge is -2.15. The number of hydrogen-bond donors (Lipinski definition) is 1. The van der Waals surface area contributed by atoms with Gasteiger partial charge >= 0.3 is 0 Å². The van der Waals surface area contributed by atoms with Crippen molar-refractivity contribution in [2.45, 2.75) is 12.6 Å². The molecule has 0 amide bonds. The first kappa shape index (κ1) is 11.6. The van der Waals surface area contributed by atoms with E-state index in [4.69, 9.17) is 0 Å². The third kappa shape index (κ3) is 3.30. The van der Waals surface area contributed by atoms with Gasteiger partial charge in [-0.3, -0.25) is 0 Å². The van der Waals surface area contributed by atoms with E-state index in [1.54, 1.807) is 0 Å². The summed E-state index contributed by atoms with van der Waals surface area (Å²) in [6.45, 7) is 4.74. The Labute approximate surface area is 103 Å². The number of benzene rings is 2. The van der Waals surface area contributed by atoms with Crippen LogP contribution in [0.3, 0.4) is 0 Å². The molecule has 1 heteroatoms. The summed E-state index contributed by atoms with van der Waals surface area (Å²) in [5, 5.41) is 3.48. The normalized spacial score (nSPS) is 12.0. The van der Waals surface area contributed by atoms with E-state index in [1.807, 2.05) is 18.2 Å². The third-order valence-corrected chi connectivity index (χ3v) is 2.76. The Morgan fingerprint density at radius 1 is 0.941 bits per heavy atom. The van der Waals surface area contributed by atoms with Gasteiger partial charge in [-0.15, -0.1) is 6.58 Å². The fourth-order valence-electron chi connectivity index (χ4n) is 1.82. The van der Waals surface area contributed by atoms with E-state index in [2.05, 4.69) is 60.4 Å². The molecule has 17 heavy (non-hydrogen) atoms. The van der Waals surface area contributed by atoms with Gasteiger partial charge in [0.25, 0.3) is 0 Å². The molecule has 0 spiro atoms. The Kier molecular flexibility index (Phi) is 4.11.